The van der Waals surface area contributed by atoms with Crippen LogP contribution in [0.15, 0.2) is 30.3 Å². The van der Waals surface area contributed by atoms with Crippen molar-refractivity contribution in [3.05, 3.63) is 41.6 Å². The van der Waals surface area contributed by atoms with E-state index in [0.717, 1.165) is 24.8 Å². The van der Waals surface area contributed by atoms with Gasteiger partial charge in [-0.25, -0.2) is 14.8 Å². The number of nitrogen functional groups attached to an aromatic ring is 1. The van der Waals surface area contributed by atoms with Crippen LogP contribution in [0.2, 0.25) is 0 Å². The largest absolute Gasteiger partial charge is 0.477 e. The molecule has 20 heavy (non-hydrogen) atoms. The van der Waals surface area contributed by atoms with Crippen molar-refractivity contribution in [2.45, 2.75) is 26.2 Å². The van der Waals surface area contributed by atoms with E-state index in [0.29, 0.717) is 5.69 Å². The summed E-state index contributed by atoms with van der Waals surface area (Å²) in [6.07, 6.45) is 3.36. The molecular weight excluding hydrogens is 254 g/mol. The topological polar surface area (TPSA) is 89.1 Å². The van der Waals surface area contributed by atoms with Gasteiger partial charge in [0.05, 0.1) is 5.69 Å². The number of nitrogens with zero attached hydrogens (tertiary/aromatic N) is 2. The van der Waals surface area contributed by atoms with Crippen LogP contribution in [0.5, 0.6) is 0 Å². The molecule has 0 amide bonds. The van der Waals surface area contributed by atoms with Crippen LogP contribution in [0.1, 0.15) is 35.8 Å². The summed E-state index contributed by atoms with van der Waals surface area (Å²) in [7, 11) is 0. The van der Waals surface area contributed by atoms with E-state index in [-0.39, 0.29) is 11.6 Å². The predicted molar refractivity (Wildman–Crippen MR) is 77.5 cm³/mol. The molecule has 104 valence electrons. The molecule has 1 aromatic heterocycles. The zero-order valence-corrected chi connectivity index (χ0v) is 11.3. The number of carboxylic acids is 1. The van der Waals surface area contributed by atoms with Gasteiger partial charge in [-0.1, -0.05) is 37.6 Å². The summed E-state index contributed by atoms with van der Waals surface area (Å²) >= 11 is 0. The molecule has 0 saturated carbocycles. The number of rotatable bonds is 5. The Morgan fingerprint density at radius 2 is 1.95 bits per heavy atom. The van der Waals surface area contributed by atoms with Gasteiger partial charge in [0.2, 0.25) is 5.95 Å². The maximum Gasteiger partial charge on any atom is 0.354 e. The molecule has 1 heterocycles. The molecular formula is C15H17N3O2. The third-order valence-electron chi connectivity index (χ3n) is 3.03. The van der Waals surface area contributed by atoms with Gasteiger partial charge < -0.3 is 10.8 Å². The molecule has 1 aromatic carbocycles. The number of aryl methyl sites for hydroxylation is 1. The van der Waals surface area contributed by atoms with Crippen molar-refractivity contribution in [1.82, 2.24) is 9.97 Å². The molecule has 0 aliphatic heterocycles. The lowest BCUT2D eigenvalue weighted by atomic mass is 10.0. The summed E-state index contributed by atoms with van der Waals surface area (Å²) in [6, 6.07) is 9.35. The van der Waals surface area contributed by atoms with Crippen LogP contribution in [-0.4, -0.2) is 21.0 Å². The van der Waals surface area contributed by atoms with Gasteiger partial charge in [0.25, 0.3) is 0 Å². The Kier molecular flexibility index (Phi) is 4.30. The smallest absolute Gasteiger partial charge is 0.354 e. The van der Waals surface area contributed by atoms with E-state index in [1.807, 2.05) is 24.3 Å². The molecule has 0 bridgehead atoms. The minimum absolute atomic E-state index is 0.0324. The van der Waals surface area contributed by atoms with Crippen LogP contribution >= 0.6 is 0 Å². The molecule has 0 radical (unpaired) electrons. The molecule has 0 spiro atoms. The van der Waals surface area contributed by atoms with E-state index >= 15 is 0 Å². The molecule has 0 aliphatic rings. The second-order valence-corrected chi connectivity index (χ2v) is 4.60. The molecule has 0 aliphatic carbocycles. The monoisotopic (exact) mass is 271 g/mol. The third-order valence-corrected chi connectivity index (χ3v) is 3.03. The highest BCUT2D eigenvalue weighted by molar-refractivity contribution is 5.87. The molecule has 2 rings (SSSR count). The van der Waals surface area contributed by atoms with Crippen LogP contribution in [0.25, 0.3) is 11.3 Å². The number of aromatic nitrogens is 2. The summed E-state index contributed by atoms with van der Waals surface area (Å²) in [4.78, 5) is 18.7. The molecule has 5 heteroatoms. The van der Waals surface area contributed by atoms with E-state index in [1.165, 1.54) is 11.6 Å². The standard InChI is InChI=1S/C15H17N3O2/c1-2-3-4-10-5-7-11(8-6-10)12-9-13(14(19)20)18-15(16)17-12/h5-9H,2-4H2,1H3,(H,19,20)(H2,16,17,18). The van der Waals surface area contributed by atoms with Crippen LogP contribution in [0, 0.1) is 0 Å². The lowest BCUT2D eigenvalue weighted by Gasteiger charge is -2.05. The summed E-state index contributed by atoms with van der Waals surface area (Å²) in [5.74, 6) is -1.14. The van der Waals surface area contributed by atoms with Crippen LogP contribution in [0.4, 0.5) is 5.95 Å². The number of anilines is 1. The highest BCUT2D eigenvalue weighted by Crippen LogP contribution is 2.20. The first-order chi connectivity index (χ1) is 9.60. The summed E-state index contributed by atoms with van der Waals surface area (Å²) in [5.41, 5.74) is 8.07. The zero-order chi connectivity index (χ0) is 14.5. The van der Waals surface area contributed by atoms with E-state index in [4.69, 9.17) is 10.8 Å². The lowest BCUT2D eigenvalue weighted by Crippen LogP contribution is -2.06. The van der Waals surface area contributed by atoms with Gasteiger partial charge in [-0.3, -0.25) is 0 Å². The van der Waals surface area contributed by atoms with Gasteiger partial charge in [-0.05, 0) is 24.5 Å². The zero-order valence-electron chi connectivity index (χ0n) is 11.3. The fraction of sp³-hybridized carbons (Fsp3) is 0.267. The van der Waals surface area contributed by atoms with Gasteiger partial charge in [0.15, 0.2) is 5.69 Å². The predicted octanol–water partition coefficient (Wildman–Crippen LogP) is 2.77. The number of unbranched alkanes of at least 4 members (excludes halogenated alkanes) is 1. The number of hydrogen-bond donors (Lipinski definition) is 2. The van der Waals surface area contributed by atoms with Gasteiger partial charge in [-0.2, -0.15) is 0 Å². The third kappa shape index (κ3) is 3.32. The number of hydrogen-bond acceptors (Lipinski definition) is 4. The van der Waals surface area contributed by atoms with E-state index in [1.54, 1.807) is 0 Å². The number of nitrogens with two attached hydrogens (primary N) is 1. The Bertz CT molecular complexity index is 609. The molecule has 0 unspecified atom stereocenters. The SMILES string of the molecule is CCCCc1ccc(-c2cc(C(=O)O)nc(N)n2)cc1. The van der Waals surface area contributed by atoms with Crippen molar-refractivity contribution in [2.75, 3.05) is 5.73 Å². The first kappa shape index (κ1) is 14.0. The van der Waals surface area contributed by atoms with Crippen LogP contribution < -0.4 is 5.73 Å². The van der Waals surface area contributed by atoms with E-state index in [2.05, 4.69) is 16.9 Å². The number of carboxylic acid groups (broad SMARTS) is 1. The molecule has 5 nitrogen and oxygen atoms in total. The van der Waals surface area contributed by atoms with Crippen molar-refractivity contribution in [3.63, 3.8) is 0 Å². The van der Waals surface area contributed by atoms with Crippen molar-refractivity contribution >= 4 is 11.9 Å². The Balaban J connectivity index is 2.29. The maximum absolute atomic E-state index is 11.0. The summed E-state index contributed by atoms with van der Waals surface area (Å²) in [6.45, 7) is 2.16. The number of aromatic carboxylic acids is 1. The number of benzene rings is 1. The lowest BCUT2D eigenvalue weighted by molar-refractivity contribution is 0.0690. The molecule has 0 saturated heterocycles. The highest BCUT2D eigenvalue weighted by atomic mass is 16.4. The molecule has 3 N–H and O–H groups in total. The Morgan fingerprint density at radius 3 is 2.55 bits per heavy atom. The fourth-order valence-corrected chi connectivity index (χ4v) is 1.95. The Morgan fingerprint density at radius 1 is 1.25 bits per heavy atom. The van der Waals surface area contributed by atoms with Crippen molar-refractivity contribution in [3.8, 4) is 11.3 Å². The van der Waals surface area contributed by atoms with Crippen LogP contribution in [0.3, 0.4) is 0 Å². The Hall–Kier alpha value is -2.43. The first-order valence-electron chi connectivity index (χ1n) is 6.57. The van der Waals surface area contributed by atoms with Gasteiger partial charge >= 0.3 is 5.97 Å². The van der Waals surface area contributed by atoms with Crippen molar-refractivity contribution in [2.24, 2.45) is 0 Å². The summed E-state index contributed by atoms with van der Waals surface area (Å²) in [5, 5.41) is 8.98. The van der Waals surface area contributed by atoms with Gasteiger partial charge in [0.1, 0.15) is 0 Å². The van der Waals surface area contributed by atoms with Gasteiger partial charge in [0, 0.05) is 5.56 Å². The van der Waals surface area contributed by atoms with Crippen LogP contribution in [-0.2, 0) is 6.42 Å². The first-order valence-corrected chi connectivity index (χ1v) is 6.57. The molecule has 2 aromatic rings. The van der Waals surface area contributed by atoms with E-state index < -0.39 is 5.97 Å². The second kappa shape index (κ2) is 6.14. The van der Waals surface area contributed by atoms with Gasteiger partial charge in [-0.15, -0.1) is 0 Å². The van der Waals surface area contributed by atoms with Crippen molar-refractivity contribution < 1.29 is 9.90 Å². The quantitative estimate of drug-likeness (QED) is 0.872. The maximum atomic E-state index is 11.0. The minimum atomic E-state index is -1.11. The van der Waals surface area contributed by atoms with Crippen molar-refractivity contribution in [1.29, 1.82) is 0 Å². The average Bonchev–Trinajstić information content (AvgIpc) is 2.45. The molecule has 0 fully saturated rings. The molecule has 0 atom stereocenters. The Labute approximate surface area is 117 Å². The highest BCUT2D eigenvalue weighted by Gasteiger charge is 2.10. The average molecular weight is 271 g/mol. The van der Waals surface area contributed by atoms with E-state index in [9.17, 15) is 4.79 Å². The number of carbonyl (C=O) groups is 1. The fourth-order valence-electron chi connectivity index (χ4n) is 1.95. The second-order valence-electron chi connectivity index (χ2n) is 4.60. The summed E-state index contributed by atoms with van der Waals surface area (Å²) < 4.78 is 0. The minimum Gasteiger partial charge on any atom is -0.477 e. The normalized spacial score (nSPS) is 10.4.